The Kier molecular flexibility index (Phi) is 4.93. The first-order valence-electron chi connectivity index (χ1n) is 6.79. The molecule has 4 nitrogen and oxygen atoms in total. The van der Waals surface area contributed by atoms with E-state index in [9.17, 15) is 9.59 Å². The molecule has 0 radical (unpaired) electrons. The standard InChI is InChI=1S/C16H19NO3/c1-20-16(19)15(13-9-3-2-4-10-13)17-14(18)11-12-7-5-6-8-12/h2-5,7,9-10,12,15H,6,8,11H2,1H3,(H,17,18). The Labute approximate surface area is 118 Å². The molecule has 2 unspecified atom stereocenters. The molecule has 1 aliphatic carbocycles. The normalized spacial score (nSPS) is 18.6. The van der Waals surface area contributed by atoms with Crippen LogP contribution in [-0.2, 0) is 14.3 Å². The minimum absolute atomic E-state index is 0.124. The predicted molar refractivity (Wildman–Crippen MR) is 75.8 cm³/mol. The van der Waals surface area contributed by atoms with Gasteiger partial charge in [0, 0.05) is 6.42 Å². The maximum absolute atomic E-state index is 12.1. The summed E-state index contributed by atoms with van der Waals surface area (Å²) in [6, 6.07) is 8.39. The first kappa shape index (κ1) is 14.3. The number of ether oxygens (including phenoxy) is 1. The summed E-state index contributed by atoms with van der Waals surface area (Å²) in [6.07, 6.45) is 6.59. The van der Waals surface area contributed by atoms with Crippen molar-refractivity contribution in [2.24, 2.45) is 5.92 Å². The van der Waals surface area contributed by atoms with E-state index in [4.69, 9.17) is 4.74 Å². The number of hydrogen-bond donors (Lipinski definition) is 1. The van der Waals surface area contributed by atoms with Crippen molar-refractivity contribution < 1.29 is 14.3 Å². The van der Waals surface area contributed by atoms with E-state index in [1.54, 1.807) is 12.1 Å². The molecule has 1 aliphatic rings. The Bertz CT molecular complexity index is 496. The number of carbonyl (C=O) groups is 2. The fraction of sp³-hybridized carbons (Fsp3) is 0.375. The fourth-order valence-electron chi connectivity index (χ4n) is 2.37. The molecule has 1 N–H and O–H groups in total. The van der Waals surface area contributed by atoms with Gasteiger partial charge in [0.25, 0.3) is 0 Å². The van der Waals surface area contributed by atoms with E-state index in [0.29, 0.717) is 6.42 Å². The number of allylic oxidation sites excluding steroid dienone is 2. The molecular formula is C16H19NO3. The molecule has 0 saturated heterocycles. The second-order valence-electron chi connectivity index (χ2n) is 4.90. The van der Waals surface area contributed by atoms with E-state index in [2.05, 4.69) is 17.5 Å². The van der Waals surface area contributed by atoms with Crippen LogP contribution in [-0.4, -0.2) is 19.0 Å². The van der Waals surface area contributed by atoms with Gasteiger partial charge in [0.2, 0.25) is 5.91 Å². The van der Waals surface area contributed by atoms with Gasteiger partial charge in [-0.1, -0.05) is 42.5 Å². The van der Waals surface area contributed by atoms with Gasteiger partial charge in [-0.25, -0.2) is 4.79 Å². The average molecular weight is 273 g/mol. The topological polar surface area (TPSA) is 55.4 Å². The lowest BCUT2D eigenvalue weighted by atomic mass is 10.0. The van der Waals surface area contributed by atoms with E-state index < -0.39 is 12.0 Å². The molecule has 0 heterocycles. The lowest BCUT2D eigenvalue weighted by molar-refractivity contribution is -0.145. The molecule has 1 amide bonds. The van der Waals surface area contributed by atoms with Gasteiger partial charge in [-0.2, -0.15) is 0 Å². The van der Waals surface area contributed by atoms with Crippen LogP contribution in [0.15, 0.2) is 42.5 Å². The van der Waals surface area contributed by atoms with Crippen molar-refractivity contribution in [3.63, 3.8) is 0 Å². The third-order valence-corrected chi connectivity index (χ3v) is 3.44. The highest BCUT2D eigenvalue weighted by atomic mass is 16.5. The number of hydrogen-bond acceptors (Lipinski definition) is 3. The second-order valence-corrected chi connectivity index (χ2v) is 4.90. The van der Waals surface area contributed by atoms with Crippen LogP contribution in [0.1, 0.15) is 30.9 Å². The summed E-state index contributed by atoms with van der Waals surface area (Å²) in [5.41, 5.74) is 0.731. The second kappa shape index (κ2) is 6.89. The van der Waals surface area contributed by atoms with E-state index in [0.717, 1.165) is 18.4 Å². The molecule has 0 aromatic heterocycles. The summed E-state index contributed by atoms with van der Waals surface area (Å²) in [5.74, 6) is -0.295. The van der Waals surface area contributed by atoms with Crippen molar-refractivity contribution in [2.75, 3.05) is 7.11 Å². The van der Waals surface area contributed by atoms with Crippen molar-refractivity contribution in [3.05, 3.63) is 48.0 Å². The van der Waals surface area contributed by atoms with E-state index in [1.807, 2.05) is 18.2 Å². The van der Waals surface area contributed by atoms with Gasteiger partial charge in [-0.05, 0) is 24.3 Å². The van der Waals surface area contributed by atoms with Gasteiger partial charge in [-0.15, -0.1) is 0 Å². The van der Waals surface area contributed by atoms with Gasteiger partial charge in [0.1, 0.15) is 0 Å². The van der Waals surface area contributed by atoms with Gasteiger partial charge in [0.05, 0.1) is 7.11 Å². The third-order valence-electron chi connectivity index (χ3n) is 3.44. The lowest BCUT2D eigenvalue weighted by Gasteiger charge is -2.17. The smallest absolute Gasteiger partial charge is 0.333 e. The SMILES string of the molecule is COC(=O)C(NC(=O)CC1C=CCC1)c1ccccc1. The molecule has 20 heavy (non-hydrogen) atoms. The summed E-state index contributed by atoms with van der Waals surface area (Å²) in [4.78, 5) is 23.9. The molecule has 0 aliphatic heterocycles. The van der Waals surface area contributed by atoms with Crippen LogP contribution >= 0.6 is 0 Å². The zero-order valence-electron chi connectivity index (χ0n) is 11.5. The van der Waals surface area contributed by atoms with Crippen molar-refractivity contribution in [3.8, 4) is 0 Å². The number of nitrogens with one attached hydrogen (secondary N) is 1. The molecule has 0 saturated carbocycles. The van der Waals surface area contributed by atoms with Crippen LogP contribution < -0.4 is 5.32 Å². The molecule has 1 aromatic rings. The number of amides is 1. The highest BCUT2D eigenvalue weighted by molar-refractivity contribution is 5.85. The highest BCUT2D eigenvalue weighted by Gasteiger charge is 2.24. The van der Waals surface area contributed by atoms with Crippen LogP contribution in [0.3, 0.4) is 0 Å². The Hall–Kier alpha value is -2.10. The van der Waals surface area contributed by atoms with Crippen molar-refractivity contribution >= 4 is 11.9 Å². The summed E-state index contributed by atoms with van der Waals surface area (Å²) >= 11 is 0. The molecule has 0 fully saturated rings. The maximum Gasteiger partial charge on any atom is 0.333 e. The van der Waals surface area contributed by atoms with Crippen LogP contribution in [0.5, 0.6) is 0 Å². The number of carbonyl (C=O) groups excluding carboxylic acids is 2. The van der Waals surface area contributed by atoms with Crippen LogP contribution in [0.25, 0.3) is 0 Å². The summed E-state index contributed by atoms with van der Waals surface area (Å²) in [6.45, 7) is 0. The monoisotopic (exact) mass is 273 g/mol. The zero-order valence-corrected chi connectivity index (χ0v) is 11.5. The summed E-state index contributed by atoms with van der Waals surface area (Å²) in [7, 11) is 1.32. The van der Waals surface area contributed by atoms with Gasteiger partial charge < -0.3 is 10.1 Å². The average Bonchev–Trinajstić information content (AvgIpc) is 2.97. The largest absolute Gasteiger partial charge is 0.467 e. The third kappa shape index (κ3) is 3.70. The van der Waals surface area contributed by atoms with Crippen molar-refractivity contribution in [2.45, 2.75) is 25.3 Å². The molecule has 2 rings (SSSR count). The quantitative estimate of drug-likeness (QED) is 0.662. The van der Waals surface area contributed by atoms with E-state index in [-0.39, 0.29) is 11.8 Å². The zero-order chi connectivity index (χ0) is 14.4. The number of methoxy groups -OCH3 is 1. The number of benzene rings is 1. The minimum Gasteiger partial charge on any atom is -0.467 e. The molecule has 2 atom stereocenters. The highest BCUT2D eigenvalue weighted by Crippen LogP contribution is 2.21. The molecule has 1 aromatic carbocycles. The maximum atomic E-state index is 12.1. The molecule has 4 heteroatoms. The van der Waals surface area contributed by atoms with Crippen LogP contribution in [0.4, 0.5) is 0 Å². The van der Waals surface area contributed by atoms with Crippen molar-refractivity contribution in [1.82, 2.24) is 5.32 Å². The Morgan fingerprint density at radius 3 is 2.70 bits per heavy atom. The number of esters is 1. The summed E-state index contributed by atoms with van der Waals surface area (Å²) < 4.78 is 4.77. The first-order chi connectivity index (χ1) is 9.70. The van der Waals surface area contributed by atoms with Gasteiger partial charge in [0.15, 0.2) is 6.04 Å². The molecular weight excluding hydrogens is 254 g/mol. The molecule has 0 bridgehead atoms. The van der Waals surface area contributed by atoms with Crippen LogP contribution in [0, 0.1) is 5.92 Å². The molecule has 0 spiro atoms. The fourth-order valence-corrected chi connectivity index (χ4v) is 2.37. The lowest BCUT2D eigenvalue weighted by Crippen LogP contribution is -2.35. The minimum atomic E-state index is -0.737. The van der Waals surface area contributed by atoms with Gasteiger partial charge in [-0.3, -0.25) is 4.79 Å². The van der Waals surface area contributed by atoms with Crippen molar-refractivity contribution in [1.29, 1.82) is 0 Å². The molecule has 106 valence electrons. The van der Waals surface area contributed by atoms with E-state index >= 15 is 0 Å². The summed E-state index contributed by atoms with van der Waals surface area (Å²) in [5, 5.41) is 2.76. The van der Waals surface area contributed by atoms with Crippen LogP contribution in [0.2, 0.25) is 0 Å². The predicted octanol–water partition coefficient (Wildman–Crippen LogP) is 2.37. The number of rotatable bonds is 5. The first-order valence-corrected chi connectivity index (χ1v) is 6.79. The Morgan fingerprint density at radius 2 is 2.10 bits per heavy atom. The van der Waals surface area contributed by atoms with Gasteiger partial charge >= 0.3 is 5.97 Å². The Morgan fingerprint density at radius 1 is 1.35 bits per heavy atom. The Balaban J connectivity index is 2.02. The van der Waals surface area contributed by atoms with E-state index in [1.165, 1.54) is 7.11 Å².